The average Bonchev–Trinajstić information content (AvgIpc) is 3.07. The second-order valence-corrected chi connectivity index (χ2v) is 7.89. The lowest BCUT2D eigenvalue weighted by molar-refractivity contribution is 0.243. The molecule has 2 N–H and O–H groups in total. The fourth-order valence-corrected chi connectivity index (χ4v) is 4.33. The van der Waals surface area contributed by atoms with Crippen LogP contribution in [0.15, 0.2) is 48.5 Å². The normalized spacial score (nSPS) is 17.1. The minimum absolute atomic E-state index is 0.0283. The zero-order valence-corrected chi connectivity index (χ0v) is 15.5. The Labute approximate surface area is 156 Å². The van der Waals surface area contributed by atoms with Crippen molar-refractivity contribution in [3.8, 4) is 0 Å². The molecule has 0 spiro atoms. The summed E-state index contributed by atoms with van der Waals surface area (Å²) in [6, 6.07) is 16.3. The molecule has 3 aromatic rings. The molecule has 1 saturated heterocycles. The number of hydrogen-bond donors (Lipinski definition) is 1. The highest BCUT2D eigenvalue weighted by Crippen LogP contribution is 2.26. The summed E-state index contributed by atoms with van der Waals surface area (Å²) in [5.41, 5.74) is 8.71. The van der Waals surface area contributed by atoms with Crippen LogP contribution in [-0.4, -0.2) is 42.6 Å². The largest absolute Gasteiger partial charge is 0.369 e. The number of halogens is 1. The Morgan fingerprint density at radius 3 is 2.48 bits per heavy atom. The molecule has 130 valence electrons. The number of benzene rings is 2. The smallest absolute Gasteiger partial charge is 0.112 e. The predicted molar refractivity (Wildman–Crippen MR) is 107 cm³/mol. The summed E-state index contributed by atoms with van der Waals surface area (Å²) in [4.78, 5) is 9.53. The molecule has 1 unspecified atom stereocenters. The number of piperazine rings is 1. The number of thiazole rings is 1. The number of fused-ring (bicyclic) bond motifs is 1. The molecule has 1 fully saturated rings. The molecule has 1 aliphatic heterocycles. The number of rotatable bonds is 4. The van der Waals surface area contributed by atoms with Crippen LogP contribution in [0, 0.1) is 0 Å². The molecule has 2 heterocycles. The summed E-state index contributed by atoms with van der Waals surface area (Å²) >= 11 is 7.68. The molecular formula is C19H21ClN4S. The second kappa shape index (κ2) is 7.30. The SMILES string of the molecule is NC(CN1CCN(c2ccc(Cl)cc2)CC1)c1nc2ccccc2s1. The van der Waals surface area contributed by atoms with Crippen LogP contribution in [0.1, 0.15) is 11.0 Å². The standard InChI is InChI=1S/C19H21ClN4S/c20-14-5-7-15(8-6-14)24-11-9-23(10-12-24)13-16(21)19-22-17-3-1-2-4-18(17)25-19/h1-8,16H,9-13,21H2. The fraction of sp³-hybridized carbons (Fsp3) is 0.316. The molecule has 1 atom stereocenters. The maximum Gasteiger partial charge on any atom is 0.112 e. The van der Waals surface area contributed by atoms with Crippen molar-refractivity contribution in [1.29, 1.82) is 0 Å². The van der Waals surface area contributed by atoms with Crippen LogP contribution in [0.25, 0.3) is 10.2 Å². The number of aromatic nitrogens is 1. The number of hydrogen-bond acceptors (Lipinski definition) is 5. The van der Waals surface area contributed by atoms with Crippen LogP contribution in [-0.2, 0) is 0 Å². The van der Waals surface area contributed by atoms with Crippen molar-refractivity contribution >= 4 is 38.8 Å². The van der Waals surface area contributed by atoms with E-state index >= 15 is 0 Å². The molecule has 6 heteroatoms. The van der Waals surface area contributed by atoms with E-state index in [4.69, 9.17) is 22.3 Å². The summed E-state index contributed by atoms with van der Waals surface area (Å²) in [6.45, 7) is 4.90. The van der Waals surface area contributed by atoms with E-state index in [9.17, 15) is 0 Å². The number of anilines is 1. The highest BCUT2D eigenvalue weighted by Gasteiger charge is 2.21. The van der Waals surface area contributed by atoms with E-state index in [1.54, 1.807) is 11.3 Å². The Balaban J connectivity index is 1.35. The fourth-order valence-electron chi connectivity index (χ4n) is 3.25. The third kappa shape index (κ3) is 3.80. The van der Waals surface area contributed by atoms with Crippen LogP contribution in [0.3, 0.4) is 0 Å². The first kappa shape index (κ1) is 16.8. The number of para-hydroxylation sites is 1. The lowest BCUT2D eigenvalue weighted by Crippen LogP contribution is -2.48. The highest BCUT2D eigenvalue weighted by molar-refractivity contribution is 7.18. The van der Waals surface area contributed by atoms with E-state index in [1.165, 1.54) is 10.4 Å². The summed E-state index contributed by atoms with van der Waals surface area (Å²) in [6.07, 6.45) is 0. The molecule has 4 rings (SSSR count). The minimum Gasteiger partial charge on any atom is -0.369 e. The van der Waals surface area contributed by atoms with Gasteiger partial charge in [0.2, 0.25) is 0 Å². The lowest BCUT2D eigenvalue weighted by Gasteiger charge is -2.36. The van der Waals surface area contributed by atoms with Gasteiger partial charge in [0.25, 0.3) is 0 Å². The molecule has 0 amide bonds. The van der Waals surface area contributed by atoms with Crippen LogP contribution >= 0.6 is 22.9 Å². The van der Waals surface area contributed by atoms with E-state index in [0.29, 0.717) is 0 Å². The molecule has 0 aliphatic carbocycles. The van der Waals surface area contributed by atoms with Crippen molar-refractivity contribution in [3.63, 3.8) is 0 Å². The van der Waals surface area contributed by atoms with Gasteiger partial charge in [0.05, 0.1) is 16.3 Å². The molecular weight excluding hydrogens is 352 g/mol. The first-order valence-electron chi connectivity index (χ1n) is 8.53. The Bertz CT molecular complexity index is 807. The Kier molecular flexibility index (Phi) is 4.90. The van der Waals surface area contributed by atoms with Crippen molar-refractivity contribution < 1.29 is 0 Å². The molecule has 0 radical (unpaired) electrons. The summed E-state index contributed by atoms with van der Waals surface area (Å²) in [5, 5.41) is 1.81. The van der Waals surface area contributed by atoms with Gasteiger partial charge in [-0.2, -0.15) is 0 Å². The number of nitrogens with zero attached hydrogens (tertiary/aromatic N) is 3. The zero-order chi connectivity index (χ0) is 17.2. The molecule has 1 aromatic heterocycles. The Morgan fingerprint density at radius 2 is 1.76 bits per heavy atom. The van der Waals surface area contributed by atoms with Crippen LogP contribution in [0.2, 0.25) is 5.02 Å². The van der Waals surface area contributed by atoms with Gasteiger partial charge in [0.1, 0.15) is 5.01 Å². The van der Waals surface area contributed by atoms with Crippen LogP contribution in [0.5, 0.6) is 0 Å². The van der Waals surface area contributed by atoms with Gasteiger partial charge >= 0.3 is 0 Å². The first-order chi connectivity index (χ1) is 12.2. The van der Waals surface area contributed by atoms with Crippen molar-refractivity contribution in [2.45, 2.75) is 6.04 Å². The highest BCUT2D eigenvalue weighted by atomic mass is 35.5. The molecule has 25 heavy (non-hydrogen) atoms. The zero-order valence-electron chi connectivity index (χ0n) is 13.9. The van der Waals surface area contributed by atoms with Gasteiger partial charge in [0, 0.05) is 43.4 Å². The third-order valence-electron chi connectivity index (χ3n) is 4.65. The van der Waals surface area contributed by atoms with E-state index in [0.717, 1.165) is 48.3 Å². The van der Waals surface area contributed by atoms with Gasteiger partial charge in [-0.1, -0.05) is 23.7 Å². The Morgan fingerprint density at radius 1 is 1.04 bits per heavy atom. The van der Waals surface area contributed by atoms with Gasteiger partial charge in [-0.15, -0.1) is 11.3 Å². The van der Waals surface area contributed by atoms with Gasteiger partial charge in [0.15, 0.2) is 0 Å². The van der Waals surface area contributed by atoms with E-state index in [2.05, 4.69) is 28.0 Å². The quantitative estimate of drug-likeness (QED) is 0.757. The predicted octanol–water partition coefficient (Wildman–Crippen LogP) is 3.77. The second-order valence-electron chi connectivity index (χ2n) is 6.39. The summed E-state index contributed by atoms with van der Waals surface area (Å²) < 4.78 is 1.21. The van der Waals surface area contributed by atoms with E-state index in [1.807, 2.05) is 30.3 Å². The third-order valence-corrected chi connectivity index (χ3v) is 6.07. The van der Waals surface area contributed by atoms with Crippen LogP contribution in [0.4, 0.5) is 5.69 Å². The van der Waals surface area contributed by atoms with E-state index in [-0.39, 0.29) is 6.04 Å². The molecule has 4 nitrogen and oxygen atoms in total. The van der Waals surface area contributed by atoms with Crippen molar-refractivity contribution in [3.05, 3.63) is 58.6 Å². The first-order valence-corrected chi connectivity index (χ1v) is 9.72. The molecule has 2 aromatic carbocycles. The summed E-state index contributed by atoms with van der Waals surface area (Å²) in [5.74, 6) is 0. The van der Waals surface area contributed by atoms with Crippen LogP contribution < -0.4 is 10.6 Å². The van der Waals surface area contributed by atoms with Gasteiger partial charge in [-0.05, 0) is 36.4 Å². The topological polar surface area (TPSA) is 45.4 Å². The van der Waals surface area contributed by atoms with Gasteiger partial charge in [-0.3, -0.25) is 4.90 Å². The van der Waals surface area contributed by atoms with Crippen molar-refractivity contribution in [1.82, 2.24) is 9.88 Å². The molecule has 1 aliphatic rings. The van der Waals surface area contributed by atoms with Gasteiger partial charge < -0.3 is 10.6 Å². The number of nitrogens with two attached hydrogens (primary N) is 1. The maximum absolute atomic E-state index is 6.43. The molecule has 0 saturated carbocycles. The Hall–Kier alpha value is -1.66. The van der Waals surface area contributed by atoms with Gasteiger partial charge in [-0.25, -0.2) is 4.98 Å². The average molecular weight is 373 g/mol. The monoisotopic (exact) mass is 372 g/mol. The lowest BCUT2D eigenvalue weighted by atomic mass is 10.2. The summed E-state index contributed by atoms with van der Waals surface area (Å²) in [7, 11) is 0. The van der Waals surface area contributed by atoms with Crippen molar-refractivity contribution in [2.24, 2.45) is 5.73 Å². The van der Waals surface area contributed by atoms with Crippen molar-refractivity contribution in [2.75, 3.05) is 37.6 Å². The minimum atomic E-state index is -0.0283. The van der Waals surface area contributed by atoms with E-state index < -0.39 is 0 Å². The maximum atomic E-state index is 6.43. The molecule has 0 bridgehead atoms.